The summed E-state index contributed by atoms with van der Waals surface area (Å²) in [7, 11) is 0. The van der Waals surface area contributed by atoms with Crippen molar-refractivity contribution in [2.45, 2.75) is 45.1 Å². The fraction of sp³-hybridized carbons (Fsp3) is 0.538. The van der Waals surface area contributed by atoms with Gasteiger partial charge in [0.2, 0.25) is 0 Å². The van der Waals surface area contributed by atoms with Gasteiger partial charge in [0, 0.05) is 0 Å². The van der Waals surface area contributed by atoms with Crippen molar-refractivity contribution >= 4 is 23.2 Å². The molecular weight excluding hydrogens is 243 g/mol. The normalized spacial score (nSPS) is 12.8. The minimum absolute atomic E-state index is 0.178. The van der Waals surface area contributed by atoms with E-state index in [0.717, 1.165) is 37.7 Å². The number of halogens is 2. The molecule has 0 aliphatic heterocycles. The lowest BCUT2D eigenvalue weighted by molar-refractivity contribution is 0.151. The monoisotopic (exact) mass is 260 g/mol. The van der Waals surface area contributed by atoms with Crippen LogP contribution in [-0.4, -0.2) is 11.2 Å². The van der Waals surface area contributed by atoms with Gasteiger partial charge in [-0.15, -0.1) is 0 Å². The Morgan fingerprint density at radius 3 is 2.69 bits per heavy atom. The molecule has 3 heteroatoms. The fourth-order valence-electron chi connectivity index (χ4n) is 1.75. The number of aryl methyl sites for hydroxylation is 1. The number of benzene rings is 1. The molecule has 0 spiro atoms. The molecule has 1 N–H and O–H groups in total. The van der Waals surface area contributed by atoms with Gasteiger partial charge in [-0.2, -0.15) is 0 Å². The quantitative estimate of drug-likeness (QED) is 0.800. The highest BCUT2D eigenvalue weighted by molar-refractivity contribution is 6.42. The van der Waals surface area contributed by atoms with Gasteiger partial charge in [-0.05, 0) is 37.3 Å². The summed E-state index contributed by atoms with van der Waals surface area (Å²) in [4.78, 5) is 0. The van der Waals surface area contributed by atoms with Crippen LogP contribution in [0.15, 0.2) is 18.2 Å². The van der Waals surface area contributed by atoms with Crippen LogP contribution in [0.1, 0.15) is 38.2 Å². The molecule has 0 aromatic heterocycles. The standard InChI is InChI=1S/C13H18Cl2O/c1-2-5-11(16)8-3-6-10-7-4-9-12(14)13(10)15/h4,7,9,11,16H,2-3,5-6,8H2,1H3. The van der Waals surface area contributed by atoms with E-state index in [0.29, 0.717) is 10.0 Å². The highest BCUT2D eigenvalue weighted by Gasteiger charge is 2.06. The molecule has 1 aromatic rings. The molecular formula is C13H18Cl2O. The molecule has 1 rings (SSSR count). The van der Waals surface area contributed by atoms with Crippen LogP contribution in [0.2, 0.25) is 10.0 Å². The van der Waals surface area contributed by atoms with E-state index in [9.17, 15) is 5.11 Å². The summed E-state index contributed by atoms with van der Waals surface area (Å²) in [5.74, 6) is 0. The predicted molar refractivity (Wildman–Crippen MR) is 70.3 cm³/mol. The Hall–Kier alpha value is -0.240. The molecule has 0 heterocycles. The van der Waals surface area contributed by atoms with Crippen molar-refractivity contribution < 1.29 is 5.11 Å². The fourth-order valence-corrected chi connectivity index (χ4v) is 2.16. The van der Waals surface area contributed by atoms with Gasteiger partial charge in [-0.25, -0.2) is 0 Å². The SMILES string of the molecule is CCCC(O)CCCc1cccc(Cl)c1Cl. The Kier molecular flexibility index (Phi) is 6.18. The molecule has 0 saturated heterocycles. The minimum Gasteiger partial charge on any atom is -0.393 e. The van der Waals surface area contributed by atoms with Crippen molar-refractivity contribution in [3.05, 3.63) is 33.8 Å². The average Bonchev–Trinajstić information content (AvgIpc) is 2.25. The molecule has 1 nitrogen and oxygen atoms in total. The van der Waals surface area contributed by atoms with E-state index in [-0.39, 0.29) is 6.10 Å². The van der Waals surface area contributed by atoms with Crippen molar-refractivity contribution in [1.82, 2.24) is 0 Å². The average molecular weight is 261 g/mol. The second-order valence-electron chi connectivity index (χ2n) is 4.05. The van der Waals surface area contributed by atoms with E-state index in [1.165, 1.54) is 0 Å². The first-order valence-electron chi connectivity index (χ1n) is 5.76. The molecule has 0 radical (unpaired) electrons. The third-order valence-electron chi connectivity index (χ3n) is 2.64. The zero-order chi connectivity index (χ0) is 12.0. The summed E-state index contributed by atoms with van der Waals surface area (Å²) in [6, 6.07) is 5.69. The molecule has 1 unspecified atom stereocenters. The molecule has 0 aliphatic carbocycles. The summed E-state index contributed by atoms with van der Waals surface area (Å²) < 4.78 is 0. The molecule has 1 aromatic carbocycles. The van der Waals surface area contributed by atoms with Gasteiger partial charge in [0.15, 0.2) is 0 Å². The lowest BCUT2D eigenvalue weighted by Crippen LogP contribution is -2.05. The van der Waals surface area contributed by atoms with Crippen LogP contribution in [-0.2, 0) is 6.42 Å². The number of aliphatic hydroxyl groups is 1. The van der Waals surface area contributed by atoms with Crippen molar-refractivity contribution in [2.75, 3.05) is 0 Å². The molecule has 0 aliphatic rings. The molecule has 0 amide bonds. The van der Waals surface area contributed by atoms with E-state index in [2.05, 4.69) is 6.92 Å². The maximum Gasteiger partial charge on any atom is 0.0624 e. The largest absolute Gasteiger partial charge is 0.393 e. The van der Waals surface area contributed by atoms with Gasteiger partial charge in [0.25, 0.3) is 0 Å². The Morgan fingerprint density at radius 2 is 2.00 bits per heavy atom. The van der Waals surface area contributed by atoms with E-state index < -0.39 is 0 Å². The first kappa shape index (κ1) is 13.8. The van der Waals surface area contributed by atoms with Crippen LogP contribution in [0.3, 0.4) is 0 Å². The Balaban J connectivity index is 2.40. The van der Waals surface area contributed by atoms with Crippen LogP contribution in [0.4, 0.5) is 0 Å². The van der Waals surface area contributed by atoms with Crippen LogP contribution >= 0.6 is 23.2 Å². The number of hydrogen-bond acceptors (Lipinski definition) is 1. The van der Waals surface area contributed by atoms with Crippen molar-refractivity contribution in [3.8, 4) is 0 Å². The number of rotatable bonds is 6. The van der Waals surface area contributed by atoms with Crippen LogP contribution in [0.25, 0.3) is 0 Å². The Morgan fingerprint density at radius 1 is 1.25 bits per heavy atom. The van der Waals surface area contributed by atoms with Gasteiger partial charge in [0.05, 0.1) is 16.1 Å². The highest BCUT2D eigenvalue weighted by Crippen LogP contribution is 2.26. The van der Waals surface area contributed by atoms with E-state index in [1.807, 2.05) is 12.1 Å². The van der Waals surface area contributed by atoms with Crippen molar-refractivity contribution in [3.63, 3.8) is 0 Å². The maximum absolute atomic E-state index is 9.59. The van der Waals surface area contributed by atoms with Gasteiger partial charge >= 0.3 is 0 Å². The van der Waals surface area contributed by atoms with Crippen LogP contribution in [0.5, 0.6) is 0 Å². The molecule has 90 valence electrons. The Labute approximate surface area is 107 Å². The predicted octanol–water partition coefficient (Wildman–Crippen LogP) is 4.48. The van der Waals surface area contributed by atoms with Crippen molar-refractivity contribution in [1.29, 1.82) is 0 Å². The van der Waals surface area contributed by atoms with E-state index in [4.69, 9.17) is 23.2 Å². The van der Waals surface area contributed by atoms with Crippen LogP contribution < -0.4 is 0 Å². The first-order chi connectivity index (χ1) is 7.65. The van der Waals surface area contributed by atoms with Crippen molar-refractivity contribution in [2.24, 2.45) is 0 Å². The maximum atomic E-state index is 9.59. The van der Waals surface area contributed by atoms with E-state index >= 15 is 0 Å². The Bertz CT molecular complexity index is 326. The lowest BCUT2D eigenvalue weighted by Gasteiger charge is -2.09. The summed E-state index contributed by atoms with van der Waals surface area (Å²) >= 11 is 12.0. The molecule has 0 fully saturated rings. The van der Waals surface area contributed by atoms with Gasteiger partial charge < -0.3 is 5.11 Å². The number of aliphatic hydroxyl groups excluding tert-OH is 1. The summed E-state index contributed by atoms with van der Waals surface area (Å²) in [5, 5.41) is 10.8. The zero-order valence-corrected chi connectivity index (χ0v) is 11.1. The van der Waals surface area contributed by atoms with Gasteiger partial charge in [0.1, 0.15) is 0 Å². The summed E-state index contributed by atoms with van der Waals surface area (Å²) in [5.41, 5.74) is 1.07. The first-order valence-corrected chi connectivity index (χ1v) is 6.51. The minimum atomic E-state index is -0.178. The van der Waals surface area contributed by atoms with Crippen LogP contribution in [0, 0.1) is 0 Å². The second-order valence-corrected chi connectivity index (χ2v) is 4.83. The third kappa shape index (κ3) is 4.32. The zero-order valence-electron chi connectivity index (χ0n) is 9.55. The topological polar surface area (TPSA) is 20.2 Å². The van der Waals surface area contributed by atoms with Gasteiger partial charge in [-0.1, -0.05) is 48.7 Å². The van der Waals surface area contributed by atoms with Gasteiger partial charge in [-0.3, -0.25) is 0 Å². The molecule has 0 saturated carbocycles. The lowest BCUT2D eigenvalue weighted by atomic mass is 10.0. The highest BCUT2D eigenvalue weighted by atomic mass is 35.5. The molecule has 0 bridgehead atoms. The molecule has 16 heavy (non-hydrogen) atoms. The second kappa shape index (κ2) is 7.16. The third-order valence-corrected chi connectivity index (χ3v) is 3.49. The summed E-state index contributed by atoms with van der Waals surface area (Å²) in [6.45, 7) is 2.08. The summed E-state index contributed by atoms with van der Waals surface area (Å²) in [6.07, 6.45) is 4.38. The smallest absolute Gasteiger partial charge is 0.0624 e. The van der Waals surface area contributed by atoms with E-state index in [1.54, 1.807) is 6.07 Å². The molecule has 1 atom stereocenters. The number of hydrogen-bond donors (Lipinski definition) is 1.